The zero-order chi connectivity index (χ0) is 8.39. The number of amides is 1. The van der Waals surface area contributed by atoms with Crippen LogP contribution >= 0.6 is 11.8 Å². The maximum absolute atomic E-state index is 11.2. The molecule has 0 aromatic heterocycles. The van der Waals surface area contributed by atoms with Crippen LogP contribution in [0, 0.1) is 0 Å². The molecule has 2 rings (SSSR count). The first-order valence-electron chi connectivity index (χ1n) is 3.82. The molecule has 1 atom stereocenters. The predicted molar refractivity (Wildman–Crippen MR) is 49.8 cm³/mol. The van der Waals surface area contributed by atoms with Gasteiger partial charge in [-0.1, -0.05) is 30.3 Å². The highest BCUT2D eigenvalue weighted by molar-refractivity contribution is 8.00. The largest absolute Gasteiger partial charge is 0.346 e. The van der Waals surface area contributed by atoms with Crippen LogP contribution in [-0.4, -0.2) is 11.8 Å². The average molecular weight is 179 g/mol. The first kappa shape index (κ1) is 7.68. The highest BCUT2D eigenvalue weighted by Gasteiger charge is 2.25. The molecule has 1 aromatic carbocycles. The topological polar surface area (TPSA) is 29.1 Å². The third kappa shape index (κ3) is 1.32. The van der Waals surface area contributed by atoms with Gasteiger partial charge in [0.15, 0.2) is 0 Å². The molecular weight excluding hydrogens is 170 g/mol. The Morgan fingerprint density at radius 3 is 2.67 bits per heavy atom. The van der Waals surface area contributed by atoms with Gasteiger partial charge in [-0.25, -0.2) is 0 Å². The quantitative estimate of drug-likeness (QED) is 0.708. The molecule has 62 valence electrons. The van der Waals surface area contributed by atoms with Crippen LogP contribution in [0.25, 0.3) is 0 Å². The Labute approximate surface area is 75.4 Å². The lowest BCUT2D eigenvalue weighted by Crippen LogP contribution is -2.17. The van der Waals surface area contributed by atoms with E-state index in [1.807, 2.05) is 30.3 Å². The van der Waals surface area contributed by atoms with E-state index in [4.69, 9.17) is 0 Å². The van der Waals surface area contributed by atoms with Gasteiger partial charge >= 0.3 is 0 Å². The Bertz CT molecular complexity index is 286. The summed E-state index contributed by atoms with van der Waals surface area (Å²) < 4.78 is 0. The van der Waals surface area contributed by atoms with E-state index in [0.29, 0.717) is 0 Å². The zero-order valence-electron chi connectivity index (χ0n) is 6.49. The maximum atomic E-state index is 11.2. The number of nitrogens with one attached hydrogen (secondary N) is 1. The van der Waals surface area contributed by atoms with Gasteiger partial charge in [0.05, 0.1) is 5.88 Å². The molecule has 0 aliphatic carbocycles. The van der Waals surface area contributed by atoms with Gasteiger partial charge < -0.3 is 5.32 Å². The van der Waals surface area contributed by atoms with E-state index < -0.39 is 0 Å². The molecule has 3 heteroatoms. The lowest BCUT2D eigenvalue weighted by atomic mass is 10.1. The number of hydrogen-bond acceptors (Lipinski definition) is 2. The SMILES string of the molecule is O=C1NCSC1c1ccccc1. The summed E-state index contributed by atoms with van der Waals surface area (Å²) in [4.78, 5) is 11.2. The molecule has 0 radical (unpaired) electrons. The Kier molecular flexibility index (Phi) is 2.04. The van der Waals surface area contributed by atoms with Crippen molar-refractivity contribution < 1.29 is 4.79 Å². The van der Waals surface area contributed by atoms with Gasteiger partial charge in [-0.2, -0.15) is 0 Å². The van der Waals surface area contributed by atoms with Crippen molar-refractivity contribution in [2.24, 2.45) is 0 Å². The van der Waals surface area contributed by atoms with E-state index in [9.17, 15) is 4.79 Å². The Hall–Kier alpha value is -0.960. The van der Waals surface area contributed by atoms with Crippen molar-refractivity contribution in [1.82, 2.24) is 5.32 Å². The minimum Gasteiger partial charge on any atom is -0.346 e. The Balaban J connectivity index is 2.25. The Morgan fingerprint density at radius 2 is 2.08 bits per heavy atom. The summed E-state index contributed by atoms with van der Waals surface area (Å²) in [5.74, 6) is 0.865. The first-order chi connectivity index (χ1) is 5.88. The summed E-state index contributed by atoms with van der Waals surface area (Å²) in [6.07, 6.45) is 0. The fourth-order valence-electron chi connectivity index (χ4n) is 1.24. The molecule has 1 aliphatic heterocycles. The summed E-state index contributed by atoms with van der Waals surface area (Å²) in [6, 6.07) is 9.86. The fraction of sp³-hybridized carbons (Fsp3) is 0.222. The number of hydrogen-bond donors (Lipinski definition) is 1. The molecule has 1 unspecified atom stereocenters. The second-order valence-electron chi connectivity index (χ2n) is 2.64. The van der Waals surface area contributed by atoms with E-state index >= 15 is 0 Å². The smallest absolute Gasteiger partial charge is 0.238 e. The summed E-state index contributed by atoms with van der Waals surface area (Å²) in [5.41, 5.74) is 1.09. The van der Waals surface area contributed by atoms with Crippen LogP contribution in [0.4, 0.5) is 0 Å². The number of carbonyl (C=O) groups excluding carboxylic acids is 1. The van der Waals surface area contributed by atoms with Crippen molar-refractivity contribution in [3.05, 3.63) is 35.9 Å². The van der Waals surface area contributed by atoms with Crippen LogP contribution < -0.4 is 5.32 Å². The molecule has 0 bridgehead atoms. The number of benzene rings is 1. The van der Waals surface area contributed by atoms with E-state index in [0.717, 1.165) is 11.4 Å². The van der Waals surface area contributed by atoms with Crippen molar-refractivity contribution in [2.75, 3.05) is 5.88 Å². The normalized spacial score (nSPS) is 22.3. The third-order valence-electron chi connectivity index (χ3n) is 1.84. The van der Waals surface area contributed by atoms with Crippen LogP contribution in [0.15, 0.2) is 30.3 Å². The predicted octanol–water partition coefficient (Wildman–Crippen LogP) is 1.55. The lowest BCUT2D eigenvalue weighted by Gasteiger charge is -2.04. The number of carbonyl (C=O) groups is 1. The highest BCUT2D eigenvalue weighted by atomic mass is 32.2. The monoisotopic (exact) mass is 179 g/mol. The molecule has 1 saturated heterocycles. The van der Waals surface area contributed by atoms with Gasteiger partial charge in [0.2, 0.25) is 5.91 Å². The molecule has 1 aliphatic rings. The summed E-state index contributed by atoms with van der Waals surface area (Å²) in [7, 11) is 0. The number of rotatable bonds is 1. The third-order valence-corrected chi connectivity index (χ3v) is 2.97. The van der Waals surface area contributed by atoms with Crippen LogP contribution in [0.3, 0.4) is 0 Å². The second-order valence-corrected chi connectivity index (χ2v) is 3.74. The minimum atomic E-state index is 0.00574. The van der Waals surface area contributed by atoms with Gasteiger partial charge in [-0.15, -0.1) is 11.8 Å². The average Bonchev–Trinajstić information content (AvgIpc) is 2.53. The molecule has 0 spiro atoms. The highest BCUT2D eigenvalue weighted by Crippen LogP contribution is 2.31. The zero-order valence-corrected chi connectivity index (χ0v) is 7.30. The molecule has 12 heavy (non-hydrogen) atoms. The van der Waals surface area contributed by atoms with Gasteiger partial charge in [-0.3, -0.25) is 4.79 Å². The fourth-order valence-corrected chi connectivity index (χ4v) is 2.22. The molecule has 1 aromatic rings. The van der Waals surface area contributed by atoms with Gasteiger partial charge in [0.25, 0.3) is 0 Å². The molecule has 0 saturated carbocycles. The molecule has 1 amide bonds. The molecule has 2 nitrogen and oxygen atoms in total. The van der Waals surface area contributed by atoms with Crippen molar-refractivity contribution in [2.45, 2.75) is 5.25 Å². The van der Waals surface area contributed by atoms with Crippen LogP contribution in [-0.2, 0) is 4.79 Å². The van der Waals surface area contributed by atoms with E-state index in [1.54, 1.807) is 11.8 Å². The van der Waals surface area contributed by atoms with E-state index in [-0.39, 0.29) is 11.2 Å². The Morgan fingerprint density at radius 1 is 1.33 bits per heavy atom. The number of thioether (sulfide) groups is 1. The summed E-state index contributed by atoms with van der Waals surface area (Å²) in [5, 5.41) is 2.80. The molecule has 1 fully saturated rings. The van der Waals surface area contributed by atoms with Crippen LogP contribution in [0.1, 0.15) is 10.8 Å². The van der Waals surface area contributed by atoms with Gasteiger partial charge in [-0.05, 0) is 5.56 Å². The molecule has 1 heterocycles. The standard InChI is InChI=1S/C9H9NOS/c11-9-8(12-6-10-9)7-4-2-1-3-5-7/h1-5,8H,6H2,(H,10,11). The second kappa shape index (κ2) is 3.19. The van der Waals surface area contributed by atoms with E-state index in [2.05, 4.69) is 5.32 Å². The molecular formula is C9H9NOS. The lowest BCUT2D eigenvalue weighted by molar-refractivity contribution is -0.119. The first-order valence-corrected chi connectivity index (χ1v) is 4.87. The van der Waals surface area contributed by atoms with Gasteiger partial charge in [0.1, 0.15) is 5.25 Å². The van der Waals surface area contributed by atoms with Crippen molar-refractivity contribution in [1.29, 1.82) is 0 Å². The van der Waals surface area contributed by atoms with Crippen molar-refractivity contribution in [3.63, 3.8) is 0 Å². The summed E-state index contributed by atoms with van der Waals surface area (Å²) >= 11 is 1.64. The minimum absolute atomic E-state index is 0.00574. The van der Waals surface area contributed by atoms with E-state index in [1.165, 1.54) is 0 Å². The summed E-state index contributed by atoms with van der Waals surface area (Å²) in [6.45, 7) is 0. The van der Waals surface area contributed by atoms with Gasteiger partial charge in [0, 0.05) is 0 Å². The molecule has 1 N–H and O–H groups in total. The van der Waals surface area contributed by atoms with Crippen LogP contribution in [0.5, 0.6) is 0 Å². The maximum Gasteiger partial charge on any atom is 0.238 e. The van der Waals surface area contributed by atoms with Crippen LogP contribution in [0.2, 0.25) is 0 Å². The van der Waals surface area contributed by atoms with Crippen molar-refractivity contribution in [3.8, 4) is 0 Å². The van der Waals surface area contributed by atoms with Crippen molar-refractivity contribution >= 4 is 17.7 Å².